The van der Waals surface area contributed by atoms with E-state index in [4.69, 9.17) is 48.7 Å². The number of carbonyl (C=O) groups excluding carboxylic acids is 2. The third-order valence-corrected chi connectivity index (χ3v) is 6.52. The molecule has 1 aliphatic heterocycles. The number of hydrogen-bond donors (Lipinski definition) is 1. The molecular formula is C24H18Cl3NO6. The fourth-order valence-electron chi connectivity index (χ4n) is 3.84. The summed E-state index contributed by atoms with van der Waals surface area (Å²) in [6.45, 7) is 1.81. The molecule has 1 fully saturated rings. The molecule has 1 amide bonds. The lowest BCUT2D eigenvalue weighted by atomic mass is 9.98. The molecule has 1 atom stereocenters. The van der Waals surface area contributed by atoms with E-state index in [0.717, 1.165) is 5.56 Å². The number of rotatable bonds is 5. The Hall–Kier alpha value is -3.13. The minimum absolute atomic E-state index is 0.00635. The predicted octanol–water partition coefficient (Wildman–Crippen LogP) is 6.19. The molecule has 3 aromatic rings. The van der Waals surface area contributed by atoms with Crippen LogP contribution in [-0.4, -0.2) is 31.0 Å². The zero-order valence-corrected chi connectivity index (χ0v) is 20.5. The molecule has 7 nitrogen and oxygen atoms in total. The highest BCUT2D eigenvalue weighted by Gasteiger charge is 2.48. The smallest absolute Gasteiger partial charge is 0.300 e. The third-order valence-electron chi connectivity index (χ3n) is 5.49. The Bertz CT molecular complexity index is 1330. The number of furan rings is 1. The summed E-state index contributed by atoms with van der Waals surface area (Å²) in [4.78, 5) is 27.6. The number of carbonyl (C=O) groups is 2. The van der Waals surface area contributed by atoms with Crippen molar-refractivity contribution in [1.82, 2.24) is 0 Å². The summed E-state index contributed by atoms with van der Waals surface area (Å²) in [6, 6.07) is 8.41. The lowest BCUT2D eigenvalue weighted by Gasteiger charge is -2.24. The van der Waals surface area contributed by atoms with Crippen molar-refractivity contribution in [3.8, 4) is 11.5 Å². The Kier molecular flexibility index (Phi) is 6.53. The fraction of sp³-hybridized carbons (Fsp3) is 0.167. The van der Waals surface area contributed by atoms with Crippen LogP contribution in [-0.2, 0) is 9.59 Å². The second-order valence-corrected chi connectivity index (χ2v) is 8.60. The zero-order valence-electron chi connectivity index (χ0n) is 18.2. The Morgan fingerprint density at radius 2 is 1.74 bits per heavy atom. The van der Waals surface area contributed by atoms with Crippen LogP contribution in [0, 0.1) is 6.92 Å². The first kappa shape index (κ1) is 24.0. The SMILES string of the molecule is COc1c(Cl)cc(/C(O)=C2/C(=O)C(=O)N(c3ccc(C)c(Cl)c3)C2c2ccco2)c(OC)c1Cl. The highest BCUT2D eigenvalue weighted by Crippen LogP contribution is 2.48. The Balaban J connectivity index is 1.99. The van der Waals surface area contributed by atoms with Gasteiger partial charge < -0.3 is 19.0 Å². The number of methoxy groups -OCH3 is 2. The van der Waals surface area contributed by atoms with Crippen molar-refractivity contribution in [2.24, 2.45) is 0 Å². The van der Waals surface area contributed by atoms with Gasteiger partial charge in [0.15, 0.2) is 11.5 Å². The fourth-order valence-corrected chi connectivity index (χ4v) is 4.70. The van der Waals surface area contributed by atoms with Gasteiger partial charge in [-0.15, -0.1) is 0 Å². The molecule has 0 aliphatic carbocycles. The van der Waals surface area contributed by atoms with Crippen LogP contribution in [0.15, 0.2) is 52.7 Å². The molecule has 0 spiro atoms. The molecule has 2 aromatic carbocycles. The molecule has 0 bridgehead atoms. The summed E-state index contributed by atoms with van der Waals surface area (Å²) in [6.07, 6.45) is 1.40. The number of aliphatic hydroxyl groups is 1. The van der Waals surface area contributed by atoms with Gasteiger partial charge in [-0.3, -0.25) is 14.5 Å². The van der Waals surface area contributed by atoms with Crippen molar-refractivity contribution in [1.29, 1.82) is 0 Å². The second-order valence-electron chi connectivity index (χ2n) is 7.40. The zero-order chi connectivity index (χ0) is 24.7. The van der Waals surface area contributed by atoms with Crippen molar-refractivity contribution in [3.63, 3.8) is 0 Å². The van der Waals surface area contributed by atoms with E-state index in [1.54, 1.807) is 30.3 Å². The largest absolute Gasteiger partial charge is 0.507 e. The van der Waals surface area contributed by atoms with Gasteiger partial charge in [0.05, 0.1) is 36.6 Å². The summed E-state index contributed by atoms with van der Waals surface area (Å²) in [5, 5.41) is 11.8. The topological polar surface area (TPSA) is 89.2 Å². The number of aliphatic hydroxyl groups excluding tert-OH is 1. The van der Waals surface area contributed by atoms with Gasteiger partial charge in [-0.1, -0.05) is 40.9 Å². The molecular weight excluding hydrogens is 505 g/mol. The van der Waals surface area contributed by atoms with E-state index in [2.05, 4.69) is 0 Å². The summed E-state index contributed by atoms with van der Waals surface area (Å²) < 4.78 is 16.1. The van der Waals surface area contributed by atoms with Crippen LogP contribution in [0.4, 0.5) is 5.69 Å². The molecule has 176 valence electrons. The summed E-state index contributed by atoms with van der Waals surface area (Å²) >= 11 is 18.9. The highest BCUT2D eigenvalue weighted by molar-refractivity contribution is 6.52. The number of ketones is 1. The molecule has 1 aromatic heterocycles. The van der Waals surface area contributed by atoms with Gasteiger partial charge >= 0.3 is 0 Å². The van der Waals surface area contributed by atoms with Gasteiger partial charge in [0.2, 0.25) is 0 Å². The van der Waals surface area contributed by atoms with Crippen LogP contribution in [0.25, 0.3) is 5.76 Å². The lowest BCUT2D eigenvalue weighted by Crippen LogP contribution is -2.29. The van der Waals surface area contributed by atoms with Gasteiger partial charge in [-0.05, 0) is 42.8 Å². The number of aryl methyl sites for hydroxylation is 1. The summed E-state index contributed by atoms with van der Waals surface area (Å²) in [5.74, 6) is -1.93. The number of benzene rings is 2. The average Bonchev–Trinajstić information content (AvgIpc) is 3.42. The van der Waals surface area contributed by atoms with E-state index in [9.17, 15) is 14.7 Å². The number of ether oxygens (including phenoxy) is 2. The summed E-state index contributed by atoms with van der Waals surface area (Å²) in [7, 11) is 2.71. The number of halogens is 3. The second kappa shape index (κ2) is 9.25. The highest BCUT2D eigenvalue weighted by atomic mass is 35.5. The molecule has 4 rings (SSSR count). The molecule has 34 heavy (non-hydrogen) atoms. The van der Waals surface area contributed by atoms with E-state index in [-0.39, 0.29) is 38.4 Å². The van der Waals surface area contributed by atoms with E-state index < -0.39 is 23.5 Å². The maximum atomic E-state index is 13.2. The van der Waals surface area contributed by atoms with E-state index >= 15 is 0 Å². The van der Waals surface area contributed by atoms with Crippen LogP contribution in [0.2, 0.25) is 15.1 Å². The van der Waals surface area contributed by atoms with Crippen molar-refractivity contribution >= 4 is 57.9 Å². The molecule has 10 heteroatoms. The van der Waals surface area contributed by atoms with Gasteiger partial charge in [-0.25, -0.2) is 0 Å². The number of amides is 1. The first-order valence-electron chi connectivity index (χ1n) is 9.92. The van der Waals surface area contributed by atoms with Crippen molar-refractivity contribution < 1.29 is 28.6 Å². The van der Waals surface area contributed by atoms with Crippen LogP contribution in [0.3, 0.4) is 0 Å². The van der Waals surface area contributed by atoms with Gasteiger partial charge in [0.1, 0.15) is 22.6 Å². The molecule has 0 saturated carbocycles. The molecule has 2 heterocycles. The van der Waals surface area contributed by atoms with Crippen molar-refractivity contribution in [3.05, 3.63) is 80.2 Å². The monoisotopic (exact) mass is 521 g/mol. The van der Waals surface area contributed by atoms with Crippen LogP contribution in [0.5, 0.6) is 11.5 Å². The van der Waals surface area contributed by atoms with Gasteiger partial charge in [-0.2, -0.15) is 0 Å². The van der Waals surface area contributed by atoms with Crippen LogP contribution < -0.4 is 14.4 Å². The molecule has 1 saturated heterocycles. The third kappa shape index (κ3) is 3.79. The Morgan fingerprint density at radius 3 is 2.32 bits per heavy atom. The van der Waals surface area contributed by atoms with E-state index in [0.29, 0.717) is 10.7 Å². The minimum Gasteiger partial charge on any atom is -0.507 e. The maximum absolute atomic E-state index is 13.2. The molecule has 1 N–H and O–H groups in total. The number of Topliss-reactive ketones (excluding diaryl/α,β-unsaturated/α-hetero) is 1. The maximum Gasteiger partial charge on any atom is 0.300 e. The number of anilines is 1. The van der Waals surface area contributed by atoms with Gasteiger partial charge in [0.25, 0.3) is 11.7 Å². The normalized spacial score (nSPS) is 17.4. The van der Waals surface area contributed by atoms with Crippen LogP contribution in [0.1, 0.15) is 22.9 Å². The lowest BCUT2D eigenvalue weighted by molar-refractivity contribution is -0.132. The Labute approximate surface area is 210 Å². The number of nitrogens with zero attached hydrogens (tertiary/aromatic N) is 1. The first-order chi connectivity index (χ1) is 16.2. The van der Waals surface area contributed by atoms with Gasteiger partial charge in [0, 0.05) is 10.7 Å². The quantitative estimate of drug-likeness (QED) is 0.244. The Morgan fingerprint density at radius 1 is 1.03 bits per heavy atom. The van der Waals surface area contributed by atoms with E-state index in [1.807, 2.05) is 6.92 Å². The van der Waals surface area contributed by atoms with Crippen molar-refractivity contribution in [2.45, 2.75) is 13.0 Å². The molecule has 1 unspecified atom stereocenters. The standard InChI is InChI=1S/C24H18Cl3NO6/c1-11-6-7-12(9-14(11)25)28-19(16-5-4-8-34-16)17(21(30)24(28)31)20(29)13-10-15(26)23(33-3)18(27)22(13)32-2/h4-10,19,29H,1-3H3/b20-17-. The minimum atomic E-state index is -1.09. The molecule has 0 radical (unpaired) electrons. The number of hydrogen-bond acceptors (Lipinski definition) is 6. The van der Waals surface area contributed by atoms with Crippen LogP contribution >= 0.6 is 34.8 Å². The van der Waals surface area contributed by atoms with E-state index in [1.165, 1.54) is 31.4 Å². The first-order valence-corrected chi connectivity index (χ1v) is 11.1. The van der Waals surface area contributed by atoms with Crippen molar-refractivity contribution in [2.75, 3.05) is 19.1 Å². The summed E-state index contributed by atoms with van der Waals surface area (Å²) in [5.41, 5.74) is 0.932. The average molecular weight is 523 g/mol. The predicted molar refractivity (Wildman–Crippen MR) is 129 cm³/mol. The molecule has 1 aliphatic rings.